The fourth-order valence-electron chi connectivity index (χ4n) is 3.98. The molecule has 1 aliphatic rings. The highest BCUT2D eigenvalue weighted by Crippen LogP contribution is 2.34. The first-order valence-electron chi connectivity index (χ1n) is 10.1. The Balaban J connectivity index is 1.50. The van der Waals surface area contributed by atoms with Crippen molar-refractivity contribution in [1.82, 2.24) is 10.3 Å². The molecule has 3 aromatic rings. The largest absolute Gasteiger partial charge is 0.433 e. The average Bonchev–Trinajstić information content (AvgIpc) is 2.74. The standard InChI is InChI=1S/C23H21ClF3N3O/c24-15-10-8-14(9-11-15)22(31)29-17-5-3-4-16(12-17)28-20-13-21(23(25,26)27)30-19-7-2-1-6-18(19)20/h1-2,6-11,13,16-17H,3-5,12H2,(H,28,30)(H,29,31)/t16-,17+/m0/s1. The molecule has 162 valence electrons. The third-order valence-electron chi connectivity index (χ3n) is 5.48. The summed E-state index contributed by atoms with van der Waals surface area (Å²) in [7, 11) is 0. The number of hydrogen-bond acceptors (Lipinski definition) is 3. The van der Waals surface area contributed by atoms with Gasteiger partial charge in [-0.25, -0.2) is 4.98 Å². The Morgan fingerprint density at radius 2 is 1.74 bits per heavy atom. The van der Waals surface area contributed by atoms with Crippen molar-refractivity contribution in [3.63, 3.8) is 0 Å². The van der Waals surface area contributed by atoms with Crippen LogP contribution in [0.4, 0.5) is 18.9 Å². The van der Waals surface area contributed by atoms with Crippen molar-refractivity contribution in [3.8, 4) is 0 Å². The number of pyridine rings is 1. The van der Waals surface area contributed by atoms with Gasteiger partial charge in [0.25, 0.3) is 5.91 Å². The number of hydrogen-bond donors (Lipinski definition) is 2. The molecular weight excluding hydrogens is 427 g/mol. The summed E-state index contributed by atoms with van der Waals surface area (Å²) >= 11 is 5.87. The van der Waals surface area contributed by atoms with Gasteiger partial charge in [0.15, 0.2) is 0 Å². The first-order valence-corrected chi connectivity index (χ1v) is 10.5. The maximum atomic E-state index is 13.3. The summed E-state index contributed by atoms with van der Waals surface area (Å²) < 4.78 is 40.0. The number of aromatic nitrogens is 1. The number of halogens is 4. The zero-order chi connectivity index (χ0) is 22.0. The van der Waals surface area contributed by atoms with Crippen LogP contribution in [0.1, 0.15) is 41.7 Å². The second-order valence-electron chi connectivity index (χ2n) is 7.76. The summed E-state index contributed by atoms with van der Waals surface area (Å²) in [6, 6.07) is 14.4. The summed E-state index contributed by atoms with van der Waals surface area (Å²) in [6.07, 6.45) is -1.41. The predicted octanol–water partition coefficient (Wildman–Crippen LogP) is 6.06. The molecule has 31 heavy (non-hydrogen) atoms. The molecule has 1 amide bonds. The molecule has 1 aromatic heterocycles. The molecule has 0 saturated heterocycles. The highest BCUT2D eigenvalue weighted by atomic mass is 35.5. The summed E-state index contributed by atoms with van der Waals surface area (Å²) in [6.45, 7) is 0. The Bertz CT molecular complexity index is 1090. The van der Waals surface area contributed by atoms with E-state index in [-0.39, 0.29) is 18.0 Å². The van der Waals surface area contributed by atoms with Gasteiger partial charge in [-0.2, -0.15) is 13.2 Å². The average molecular weight is 448 g/mol. The second kappa shape index (κ2) is 8.75. The number of nitrogens with one attached hydrogen (secondary N) is 2. The molecule has 0 radical (unpaired) electrons. The van der Waals surface area contributed by atoms with Gasteiger partial charge in [-0.05, 0) is 62.1 Å². The Labute approximate surface area is 182 Å². The molecule has 1 saturated carbocycles. The monoisotopic (exact) mass is 447 g/mol. The van der Waals surface area contributed by atoms with E-state index in [1.807, 2.05) is 0 Å². The number of anilines is 1. The van der Waals surface area contributed by atoms with Gasteiger partial charge < -0.3 is 10.6 Å². The number of nitrogens with zero attached hydrogens (tertiary/aromatic N) is 1. The van der Waals surface area contributed by atoms with Crippen molar-refractivity contribution in [2.24, 2.45) is 0 Å². The van der Waals surface area contributed by atoms with E-state index in [0.717, 1.165) is 25.3 Å². The normalized spacial score (nSPS) is 19.2. The van der Waals surface area contributed by atoms with Gasteiger partial charge >= 0.3 is 6.18 Å². The molecular formula is C23H21ClF3N3O. The van der Waals surface area contributed by atoms with E-state index in [2.05, 4.69) is 15.6 Å². The Kier molecular flexibility index (Phi) is 6.05. The molecule has 2 N–H and O–H groups in total. The van der Waals surface area contributed by atoms with Crippen LogP contribution in [-0.4, -0.2) is 23.0 Å². The number of para-hydroxylation sites is 1. The Morgan fingerprint density at radius 3 is 2.48 bits per heavy atom. The molecule has 0 bridgehead atoms. The molecule has 1 fully saturated rings. The summed E-state index contributed by atoms with van der Waals surface area (Å²) in [5.41, 5.74) is 0.308. The van der Waals surface area contributed by atoms with Crippen molar-refractivity contribution in [1.29, 1.82) is 0 Å². The summed E-state index contributed by atoms with van der Waals surface area (Å²) in [4.78, 5) is 16.3. The van der Waals surface area contributed by atoms with Crippen molar-refractivity contribution in [3.05, 3.63) is 70.9 Å². The van der Waals surface area contributed by atoms with E-state index in [4.69, 9.17) is 11.6 Å². The number of carbonyl (C=O) groups is 1. The van der Waals surface area contributed by atoms with Crippen LogP contribution in [0, 0.1) is 0 Å². The predicted molar refractivity (Wildman–Crippen MR) is 115 cm³/mol. The fraction of sp³-hybridized carbons (Fsp3) is 0.304. The number of benzene rings is 2. The molecule has 1 heterocycles. The second-order valence-corrected chi connectivity index (χ2v) is 8.19. The number of fused-ring (bicyclic) bond motifs is 1. The minimum Gasteiger partial charge on any atom is -0.382 e. The smallest absolute Gasteiger partial charge is 0.382 e. The van der Waals surface area contributed by atoms with Gasteiger partial charge in [0.05, 0.1) is 5.52 Å². The van der Waals surface area contributed by atoms with Crippen LogP contribution in [0.25, 0.3) is 10.9 Å². The van der Waals surface area contributed by atoms with Gasteiger partial charge in [-0.15, -0.1) is 0 Å². The van der Waals surface area contributed by atoms with Crippen LogP contribution >= 0.6 is 11.6 Å². The molecule has 2 aromatic carbocycles. The van der Waals surface area contributed by atoms with Crippen molar-refractivity contribution >= 4 is 34.1 Å². The molecule has 0 unspecified atom stereocenters. The molecule has 0 aliphatic heterocycles. The van der Waals surface area contributed by atoms with Gasteiger partial charge in [0, 0.05) is 33.7 Å². The highest BCUT2D eigenvalue weighted by Gasteiger charge is 2.34. The van der Waals surface area contributed by atoms with Gasteiger partial charge in [0.2, 0.25) is 0 Å². The summed E-state index contributed by atoms with van der Waals surface area (Å²) in [5, 5.41) is 7.51. The zero-order valence-corrected chi connectivity index (χ0v) is 17.3. The lowest BCUT2D eigenvalue weighted by Crippen LogP contribution is -2.41. The maximum absolute atomic E-state index is 13.3. The lowest BCUT2D eigenvalue weighted by molar-refractivity contribution is -0.140. The van der Waals surface area contributed by atoms with Crippen LogP contribution in [0.2, 0.25) is 5.02 Å². The van der Waals surface area contributed by atoms with Crippen LogP contribution in [0.5, 0.6) is 0 Å². The fourth-order valence-corrected chi connectivity index (χ4v) is 4.11. The third-order valence-corrected chi connectivity index (χ3v) is 5.73. The third kappa shape index (κ3) is 5.10. The number of rotatable bonds is 4. The van der Waals surface area contributed by atoms with E-state index in [1.165, 1.54) is 0 Å². The quantitative estimate of drug-likeness (QED) is 0.511. The minimum absolute atomic E-state index is 0.0591. The topological polar surface area (TPSA) is 54.0 Å². The van der Waals surface area contributed by atoms with Gasteiger partial charge in [-0.3, -0.25) is 4.79 Å². The van der Waals surface area contributed by atoms with Crippen LogP contribution in [0.15, 0.2) is 54.6 Å². The van der Waals surface area contributed by atoms with Crippen LogP contribution < -0.4 is 10.6 Å². The van der Waals surface area contributed by atoms with Gasteiger partial charge in [0.1, 0.15) is 5.69 Å². The molecule has 4 nitrogen and oxygen atoms in total. The lowest BCUT2D eigenvalue weighted by atomic mass is 9.90. The molecule has 8 heteroatoms. The number of alkyl halides is 3. The van der Waals surface area contributed by atoms with E-state index in [9.17, 15) is 18.0 Å². The molecule has 2 atom stereocenters. The molecule has 4 rings (SSSR count). The molecule has 1 aliphatic carbocycles. The Hall–Kier alpha value is -2.80. The SMILES string of the molecule is O=C(N[C@@H]1CCC[C@H](Nc2cc(C(F)(F)F)nc3ccccc23)C1)c1ccc(Cl)cc1. The number of amides is 1. The minimum atomic E-state index is -4.53. The van der Waals surface area contributed by atoms with Crippen LogP contribution in [-0.2, 0) is 6.18 Å². The maximum Gasteiger partial charge on any atom is 0.433 e. The van der Waals surface area contributed by atoms with E-state index in [0.29, 0.717) is 33.6 Å². The first-order chi connectivity index (χ1) is 14.8. The zero-order valence-electron chi connectivity index (χ0n) is 16.5. The lowest BCUT2D eigenvalue weighted by Gasteiger charge is -2.31. The van der Waals surface area contributed by atoms with E-state index in [1.54, 1.807) is 48.5 Å². The van der Waals surface area contributed by atoms with Crippen molar-refractivity contribution in [2.45, 2.75) is 43.9 Å². The van der Waals surface area contributed by atoms with Crippen LogP contribution in [0.3, 0.4) is 0 Å². The highest BCUT2D eigenvalue weighted by molar-refractivity contribution is 6.30. The van der Waals surface area contributed by atoms with E-state index < -0.39 is 11.9 Å². The molecule has 0 spiro atoms. The summed E-state index contributed by atoms with van der Waals surface area (Å²) in [5.74, 6) is -0.184. The van der Waals surface area contributed by atoms with Crippen molar-refractivity contribution in [2.75, 3.05) is 5.32 Å². The first kappa shape index (κ1) is 21.4. The van der Waals surface area contributed by atoms with Gasteiger partial charge in [-0.1, -0.05) is 29.8 Å². The van der Waals surface area contributed by atoms with E-state index >= 15 is 0 Å². The van der Waals surface area contributed by atoms with Crippen molar-refractivity contribution < 1.29 is 18.0 Å². The number of carbonyl (C=O) groups excluding carboxylic acids is 1. The Morgan fingerprint density at radius 1 is 1.03 bits per heavy atom.